The first-order chi connectivity index (χ1) is 6.31. The molecule has 2 N–H and O–H groups in total. The molecule has 0 saturated heterocycles. The van der Waals surface area contributed by atoms with Gasteiger partial charge in [-0.2, -0.15) is 0 Å². The zero-order chi connectivity index (χ0) is 9.26. The van der Waals surface area contributed by atoms with Crippen molar-refractivity contribution in [3.05, 3.63) is 23.8 Å². The average Bonchev–Trinajstić information content (AvgIpc) is 2.18. The maximum absolute atomic E-state index is 10.4. The maximum Gasteiger partial charge on any atom is 0.184 e. The van der Waals surface area contributed by atoms with Crippen LogP contribution in [0.1, 0.15) is 5.56 Å². The fourth-order valence-corrected chi connectivity index (χ4v) is 1.30. The summed E-state index contributed by atoms with van der Waals surface area (Å²) in [6.07, 6.45) is 0.0850. The maximum atomic E-state index is 10.4. The number of carbonyl (C=O) groups excluding carboxylic acids is 1. The zero-order valence-corrected chi connectivity index (χ0v) is 6.86. The van der Waals surface area contributed by atoms with Gasteiger partial charge in [0.15, 0.2) is 12.5 Å². The molecule has 0 aliphatic carbocycles. The molecule has 1 heterocycles. The molecule has 0 radical (unpaired) electrons. The molecule has 0 spiro atoms. The fraction of sp³-hybridized carbons (Fsp3) is 0.222. The number of hydrogen-bond acceptors (Lipinski definition) is 4. The van der Waals surface area contributed by atoms with Crippen LogP contribution in [0.3, 0.4) is 0 Å². The molecule has 0 saturated carbocycles. The molecule has 0 bridgehead atoms. The number of carbonyl (C=O) groups is 1. The van der Waals surface area contributed by atoms with E-state index >= 15 is 0 Å². The van der Waals surface area contributed by atoms with Crippen molar-refractivity contribution in [1.29, 1.82) is 0 Å². The number of aromatic hydroxyl groups is 1. The van der Waals surface area contributed by atoms with Gasteiger partial charge in [-0.25, -0.2) is 0 Å². The lowest BCUT2D eigenvalue weighted by Crippen LogP contribution is -2.29. The van der Waals surface area contributed by atoms with E-state index in [1.54, 1.807) is 18.2 Å². The third-order valence-corrected chi connectivity index (χ3v) is 1.98. The van der Waals surface area contributed by atoms with Crippen LogP contribution in [-0.2, 0) is 16.1 Å². The van der Waals surface area contributed by atoms with E-state index in [9.17, 15) is 9.90 Å². The molecule has 4 heteroatoms. The smallest absolute Gasteiger partial charge is 0.184 e. The van der Waals surface area contributed by atoms with Gasteiger partial charge < -0.3 is 15.2 Å². The van der Waals surface area contributed by atoms with Gasteiger partial charge in [-0.05, 0) is 12.1 Å². The van der Waals surface area contributed by atoms with E-state index in [1.807, 2.05) is 0 Å². The normalized spacial score (nSPS) is 20.2. The van der Waals surface area contributed by atoms with Crippen molar-refractivity contribution in [2.24, 2.45) is 0 Å². The second-order valence-electron chi connectivity index (χ2n) is 2.82. The van der Waals surface area contributed by atoms with Crippen LogP contribution in [0.4, 0.5) is 5.69 Å². The van der Waals surface area contributed by atoms with Crippen molar-refractivity contribution in [2.75, 3.05) is 5.32 Å². The topological polar surface area (TPSA) is 58.6 Å². The van der Waals surface area contributed by atoms with Crippen molar-refractivity contribution < 1.29 is 14.6 Å². The highest BCUT2D eigenvalue weighted by Crippen LogP contribution is 2.29. The Morgan fingerprint density at radius 1 is 1.62 bits per heavy atom. The summed E-state index contributed by atoms with van der Waals surface area (Å²) in [7, 11) is 0. The minimum Gasteiger partial charge on any atom is -0.508 e. The Morgan fingerprint density at radius 2 is 2.46 bits per heavy atom. The van der Waals surface area contributed by atoms with E-state index in [-0.39, 0.29) is 12.4 Å². The summed E-state index contributed by atoms with van der Waals surface area (Å²) in [5.74, 6) is 0.189. The molecule has 13 heavy (non-hydrogen) atoms. The minimum atomic E-state index is -0.603. The van der Waals surface area contributed by atoms with E-state index in [4.69, 9.17) is 4.74 Å². The van der Waals surface area contributed by atoms with E-state index in [0.717, 1.165) is 5.69 Å². The van der Waals surface area contributed by atoms with Gasteiger partial charge >= 0.3 is 0 Å². The van der Waals surface area contributed by atoms with Gasteiger partial charge in [-0.3, -0.25) is 4.79 Å². The number of benzene rings is 1. The summed E-state index contributed by atoms with van der Waals surface area (Å²) < 4.78 is 5.10. The van der Waals surface area contributed by atoms with Gasteiger partial charge in [0, 0.05) is 11.3 Å². The molecule has 1 atom stereocenters. The summed E-state index contributed by atoms with van der Waals surface area (Å²) in [5, 5.41) is 12.2. The van der Waals surface area contributed by atoms with Crippen LogP contribution < -0.4 is 5.32 Å². The number of anilines is 1. The number of nitrogens with one attached hydrogen (secondary N) is 1. The first kappa shape index (κ1) is 8.07. The number of hydrogen-bond donors (Lipinski definition) is 2. The highest BCUT2D eigenvalue weighted by molar-refractivity contribution is 5.67. The summed E-state index contributed by atoms with van der Waals surface area (Å²) in [5.41, 5.74) is 1.45. The highest BCUT2D eigenvalue weighted by Gasteiger charge is 2.18. The van der Waals surface area contributed by atoms with Crippen LogP contribution in [0, 0.1) is 0 Å². The van der Waals surface area contributed by atoms with Crippen LogP contribution in [0.5, 0.6) is 5.75 Å². The number of rotatable bonds is 1. The van der Waals surface area contributed by atoms with E-state index in [0.29, 0.717) is 11.8 Å². The molecular weight excluding hydrogens is 170 g/mol. The van der Waals surface area contributed by atoms with Crippen molar-refractivity contribution in [1.82, 2.24) is 0 Å². The third kappa shape index (κ3) is 1.36. The molecule has 1 aliphatic heterocycles. The molecular formula is C9H9NO3. The van der Waals surface area contributed by atoms with E-state index in [2.05, 4.69) is 5.32 Å². The van der Waals surface area contributed by atoms with Gasteiger partial charge in [-0.15, -0.1) is 0 Å². The molecule has 2 rings (SSSR count). The Labute approximate surface area is 75.1 Å². The zero-order valence-electron chi connectivity index (χ0n) is 6.86. The third-order valence-electron chi connectivity index (χ3n) is 1.98. The molecule has 0 fully saturated rings. The average molecular weight is 179 g/mol. The van der Waals surface area contributed by atoms with Crippen molar-refractivity contribution in [3.63, 3.8) is 0 Å². The standard InChI is InChI=1S/C9H9NO3/c11-4-9-10-7-2-1-3-8(12)6(7)5-13-9/h1-4,9-10,12H,5H2. The van der Waals surface area contributed by atoms with Crippen molar-refractivity contribution >= 4 is 12.0 Å². The van der Waals surface area contributed by atoms with Crippen LogP contribution in [0.15, 0.2) is 18.2 Å². The molecule has 0 amide bonds. The molecule has 1 aromatic rings. The first-order valence-corrected chi connectivity index (χ1v) is 3.95. The molecule has 4 nitrogen and oxygen atoms in total. The fourth-order valence-electron chi connectivity index (χ4n) is 1.30. The number of fused-ring (bicyclic) bond motifs is 1. The van der Waals surface area contributed by atoms with Gasteiger partial charge in [-0.1, -0.05) is 6.07 Å². The molecule has 1 aliphatic rings. The number of ether oxygens (including phenoxy) is 1. The number of phenols is 1. The highest BCUT2D eigenvalue weighted by atomic mass is 16.5. The van der Waals surface area contributed by atoms with Gasteiger partial charge in [0.1, 0.15) is 5.75 Å². The second-order valence-corrected chi connectivity index (χ2v) is 2.82. The lowest BCUT2D eigenvalue weighted by molar-refractivity contribution is -0.117. The first-order valence-electron chi connectivity index (χ1n) is 3.95. The van der Waals surface area contributed by atoms with Crippen LogP contribution >= 0.6 is 0 Å². The SMILES string of the molecule is O=CC1Nc2cccc(O)c2CO1. The van der Waals surface area contributed by atoms with Gasteiger partial charge in [0.2, 0.25) is 0 Å². The van der Waals surface area contributed by atoms with Gasteiger partial charge in [0.05, 0.1) is 6.61 Å². The van der Waals surface area contributed by atoms with E-state index < -0.39 is 6.23 Å². The Hall–Kier alpha value is -1.55. The lowest BCUT2D eigenvalue weighted by Gasteiger charge is -2.23. The summed E-state index contributed by atoms with van der Waals surface area (Å²) in [6.45, 7) is 0.262. The largest absolute Gasteiger partial charge is 0.508 e. The van der Waals surface area contributed by atoms with Crippen LogP contribution in [0.2, 0.25) is 0 Å². The Kier molecular flexibility index (Phi) is 1.90. The lowest BCUT2D eigenvalue weighted by atomic mass is 10.1. The second kappa shape index (κ2) is 3.06. The summed E-state index contributed by atoms with van der Waals surface area (Å²) in [4.78, 5) is 10.4. The van der Waals surface area contributed by atoms with Crippen molar-refractivity contribution in [3.8, 4) is 5.75 Å². The number of phenolic OH excluding ortho intramolecular Hbond substituents is 1. The predicted octanol–water partition coefficient (Wildman–Crippen LogP) is 0.859. The minimum absolute atomic E-state index is 0.189. The summed E-state index contributed by atoms with van der Waals surface area (Å²) in [6, 6.07) is 5.10. The summed E-state index contributed by atoms with van der Waals surface area (Å²) >= 11 is 0. The predicted molar refractivity (Wildman–Crippen MR) is 46.4 cm³/mol. The van der Waals surface area contributed by atoms with Gasteiger partial charge in [0.25, 0.3) is 0 Å². The molecule has 68 valence electrons. The van der Waals surface area contributed by atoms with E-state index in [1.165, 1.54) is 0 Å². The van der Waals surface area contributed by atoms with Crippen LogP contribution in [-0.4, -0.2) is 17.6 Å². The molecule has 0 aromatic heterocycles. The Bertz CT molecular complexity index is 338. The quantitative estimate of drug-likeness (QED) is 0.628. The monoisotopic (exact) mass is 179 g/mol. The number of aldehydes is 1. The molecule has 1 aromatic carbocycles. The Balaban J connectivity index is 2.36. The van der Waals surface area contributed by atoms with Crippen LogP contribution in [0.25, 0.3) is 0 Å². The Morgan fingerprint density at radius 3 is 3.23 bits per heavy atom. The van der Waals surface area contributed by atoms with Crippen molar-refractivity contribution in [2.45, 2.75) is 12.8 Å². The molecule has 1 unspecified atom stereocenters.